The summed E-state index contributed by atoms with van der Waals surface area (Å²) in [6, 6.07) is 0. The largest absolute Gasteiger partial charge is 0.377 e. The molecule has 0 radical (unpaired) electrons. The van der Waals surface area contributed by atoms with Crippen LogP contribution in [0, 0.1) is 0 Å². The van der Waals surface area contributed by atoms with Crippen molar-refractivity contribution in [3.05, 3.63) is 0 Å². The normalized spacial score (nSPS) is 23.2. The third-order valence-corrected chi connectivity index (χ3v) is 3.99. The van der Waals surface area contributed by atoms with E-state index in [0.717, 1.165) is 24.9 Å². The fourth-order valence-electron chi connectivity index (χ4n) is 1.74. The Kier molecular flexibility index (Phi) is 7.49. The smallest absolute Gasteiger partial charge is 0.0700 e. The molecule has 2 atom stereocenters. The van der Waals surface area contributed by atoms with Crippen molar-refractivity contribution in [3.63, 3.8) is 0 Å². The number of unbranched alkanes of at least 4 members (excludes halogenated alkanes) is 1. The average molecular weight is 231 g/mol. The highest BCUT2D eigenvalue weighted by molar-refractivity contribution is 7.99. The minimum atomic E-state index is 0.484. The second kappa shape index (κ2) is 8.43. The summed E-state index contributed by atoms with van der Waals surface area (Å²) in [5.41, 5.74) is 0. The van der Waals surface area contributed by atoms with Gasteiger partial charge in [-0.3, -0.25) is 0 Å². The molecule has 1 rings (SSSR count). The quantitative estimate of drug-likeness (QED) is 0.649. The summed E-state index contributed by atoms with van der Waals surface area (Å²) in [5, 5.41) is 4.24. The Morgan fingerprint density at radius 2 is 2.40 bits per heavy atom. The maximum absolute atomic E-state index is 5.56. The Bertz CT molecular complexity index is 149. The van der Waals surface area contributed by atoms with Crippen LogP contribution in [0.25, 0.3) is 0 Å². The van der Waals surface area contributed by atoms with Crippen molar-refractivity contribution in [1.82, 2.24) is 5.32 Å². The molecule has 0 spiro atoms. The van der Waals surface area contributed by atoms with Crippen LogP contribution in [0.2, 0.25) is 0 Å². The van der Waals surface area contributed by atoms with E-state index in [1.54, 1.807) is 0 Å². The maximum Gasteiger partial charge on any atom is 0.0700 e. The molecule has 0 aromatic carbocycles. The minimum absolute atomic E-state index is 0.484. The minimum Gasteiger partial charge on any atom is -0.377 e. The summed E-state index contributed by atoms with van der Waals surface area (Å²) >= 11 is 2.08. The second-order valence-electron chi connectivity index (χ2n) is 4.33. The van der Waals surface area contributed by atoms with Crippen molar-refractivity contribution in [3.8, 4) is 0 Å². The van der Waals surface area contributed by atoms with Gasteiger partial charge in [-0.2, -0.15) is 11.8 Å². The SMILES string of the molecule is CCCCSC(C)CNCC1CCCO1. The van der Waals surface area contributed by atoms with Gasteiger partial charge in [-0.05, 0) is 25.0 Å². The molecule has 90 valence electrons. The Morgan fingerprint density at radius 1 is 1.53 bits per heavy atom. The molecule has 0 amide bonds. The molecule has 1 aliphatic heterocycles. The summed E-state index contributed by atoms with van der Waals surface area (Å²) in [5.74, 6) is 1.30. The first-order chi connectivity index (χ1) is 7.33. The van der Waals surface area contributed by atoms with E-state index in [9.17, 15) is 0 Å². The van der Waals surface area contributed by atoms with Gasteiger partial charge in [0, 0.05) is 24.9 Å². The lowest BCUT2D eigenvalue weighted by Crippen LogP contribution is -2.30. The highest BCUT2D eigenvalue weighted by Crippen LogP contribution is 2.13. The molecule has 1 aliphatic rings. The monoisotopic (exact) mass is 231 g/mol. The molecular weight excluding hydrogens is 206 g/mol. The van der Waals surface area contributed by atoms with E-state index in [4.69, 9.17) is 4.74 Å². The Morgan fingerprint density at radius 3 is 3.07 bits per heavy atom. The molecular formula is C12H25NOS. The fraction of sp³-hybridized carbons (Fsp3) is 1.00. The van der Waals surface area contributed by atoms with Crippen LogP contribution in [0.3, 0.4) is 0 Å². The molecule has 3 heteroatoms. The molecule has 0 saturated carbocycles. The molecule has 0 aromatic rings. The number of ether oxygens (including phenoxy) is 1. The van der Waals surface area contributed by atoms with Gasteiger partial charge in [0.25, 0.3) is 0 Å². The Labute approximate surface area is 98.5 Å². The number of rotatable bonds is 8. The zero-order valence-electron chi connectivity index (χ0n) is 10.1. The highest BCUT2D eigenvalue weighted by atomic mass is 32.2. The standard InChI is InChI=1S/C12H25NOS/c1-3-4-8-15-11(2)9-13-10-12-6-5-7-14-12/h11-13H,3-10H2,1-2H3. The molecule has 15 heavy (non-hydrogen) atoms. The van der Waals surface area contributed by atoms with Crippen LogP contribution in [0.5, 0.6) is 0 Å². The first-order valence-electron chi connectivity index (χ1n) is 6.27. The summed E-state index contributed by atoms with van der Waals surface area (Å²) in [6.45, 7) is 7.68. The molecule has 1 heterocycles. The van der Waals surface area contributed by atoms with Crippen LogP contribution < -0.4 is 5.32 Å². The van der Waals surface area contributed by atoms with Crippen LogP contribution in [-0.2, 0) is 4.74 Å². The lowest BCUT2D eigenvalue weighted by atomic mass is 10.2. The van der Waals surface area contributed by atoms with E-state index in [1.807, 2.05) is 0 Å². The van der Waals surface area contributed by atoms with Crippen molar-refractivity contribution in [2.24, 2.45) is 0 Å². The molecule has 2 unspecified atom stereocenters. The van der Waals surface area contributed by atoms with E-state index < -0.39 is 0 Å². The van der Waals surface area contributed by atoms with E-state index in [1.165, 1.54) is 31.4 Å². The topological polar surface area (TPSA) is 21.3 Å². The van der Waals surface area contributed by atoms with Crippen molar-refractivity contribution < 1.29 is 4.74 Å². The Balaban J connectivity index is 1.89. The molecule has 0 aliphatic carbocycles. The summed E-state index contributed by atoms with van der Waals surface area (Å²) in [6.07, 6.45) is 5.62. The molecule has 1 fully saturated rings. The Hall–Kier alpha value is 0.270. The van der Waals surface area contributed by atoms with Gasteiger partial charge < -0.3 is 10.1 Å². The van der Waals surface area contributed by atoms with E-state index in [-0.39, 0.29) is 0 Å². The van der Waals surface area contributed by atoms with Crippen LogP contribution in [-0.4, -0.2) is 36.8 Å². The van der Waals surface area contributed by atoms with Gasteiger partial charge in [0.15, 0.2) is 0 Å². The van der Waals surface area contributed by atoms with Gasteiger partial charge in [-0.25, -0.2) is 0 Å². The third-order valence-electron chi connectivity index (χ3n) is 2.73. The second-order valence-corrected chi connectivity index (χ2v) is 5.87. The molecule has 1 N–H and O–H groups in total. The predicted molar refractivity (Wildman–Crippen MR) is 68.7 cm³/mol. The number of nitrogens with one attached hydrogen (secondary N) is 1. The number of hydrogen-bond donors (Lipinski definition) is 1. The molecule has 0 aromatic heterocycles. The third kappa shape index (κ3) is 6.44. The van der Waals surface area contributed by atoms with Crippen LogP contribution in [0.15, 0.2) is 0 Å². The molecule has 0 bridgehead atoms. The zero-order valence-corrected chi connectivity index (χ0v) is 10.9. The molecule has 2 nitrogen and oxygen atoms in total. The van der Waals surface area contributed by atoms with E-state index in [0.29, 0.717) is 6.10 Å². The van der Waals surface area contributed by atoms with Gasteiger partial charge in [-0.15, -0.1) is 0 Å². The van der Waals surface area contributed by atoms with Crippen molar-refractivity contribution in [1.29, 1.82) is 0 Å². The first-order valence-corrected chi connectivity index (χ1v) is 7.31. The number of hydrogen-bond acceptors (Lipinski definition) is 3. The fourth-order valence-corrected chi connectivity index (χ4v) is 2.83. The lowest BCUT2D eigenvalue weighted by molar-refractivity contribution is 0.110. The van der Waals surface area contributed by atoms with Gasteiger partial charge in [0.2, 0.25) is 0 Å². The van der Waals surface area contributed by atoms with Gasteiger partial charge in [0.05, 0.1) is 6.10 Å². The first kappa shape index (κ1) is 13.3. The van der Waals surface area contributed by atoms with E-state index in [2.05, 4.69) is 30.9 Å². The van der Waals surface area contributed by atoms with Crippen molar-refractivity contribution in [2.45, 2.75) is 50.9 Å². The summed E-state index contributed by atoms with van der Waals surface area (Å²) in [4.78, 5) is 0. The van der Waals surface area contributed by atoms with E-state index >= 15 is 0 Å². The summed E-state index contributed by atoms with van der Waals surface area (Å²) < 4.78 is 5.56. The summed E-state index contributed by atoms with van der Waals surface area (Å²) in [7, 11) is 0. The van der Waals surface area contributed by atoms with Crippen LogP contribution in [0.1, 0.15) is 39.5 Å². The maximum atomic E-state index is 5.56. The number of thioether (sulfide) groups is 1. The van der Waals surface area contributed by atoms with Gasteiger partial charge in [-0.1, -0.05) is 20.3 Å². The van der Waals surface area contributed by atoms with Crippen LogP contribution >= 0.6 is 11.8 Å². The lowest BCUT2D eigenvalue weighted by Gasteiger charge is -2.14. The average Bonchev–Trinajstić information content (AvgIpc) is 2.71. The van der Waals surface area contributed by atoms with Crippen molar-refractivity contribution >= 4 is 11.8 Å². The van der Waals surface area contributed by atoms with Gasteiger partial charge >= 0.3 is 0 Å². The molecule has 1 saturated heterocycles. The highest BCUT2D eigenvalue weighted by Gasteiger charge is 2.14. The predicted octanol–water partition coefficient (Wildman–Crippen LogP) is 2.68. The zero-order chi connectivity index (χ0) is 10.9. The van der Waals surface area contributed by atoms with Crippen LogP contribution in [0.4, 0.5) is 0 Å². The van der Waals surface area contributed by atoms with Crippen molar-refractivity contribution in [2.75, 3.05) is 25.4 Å². The van der Waals surface area contributed by atoms with Gasteiger partial charge in [0.1, 0.15) is 0 Å².